The van der Waals surface area contributed by atoms with Gasteiger partial charge in [-0.2, -0.15) is 0 Å². The molecule has 9 nitrogen and oxygen atoms in total. The number of carbonyl (C=O) groups excluding carboxylic acids is 1. The fraction of sp³-hybridized carbons (Fsp3) is 0.462. The second-order valence-electron chi connectivity index (χ2n) is 5.00. The number of aromatic nitrogens is 5. The van der Waals surface area contributed by atoms with E-state index >= 15 is 0 Å². The molecule has 1 fully saturated rings. The minimum atomic E-state index is -0.190. The van der Waals surface area contributed by atoms with Gasteiger partial charge in [0.2, 0.25) is 5.88 Å². The monoisotopic (exact) mass is 303 g/mol. The van der Waals surface area contributed by atoms with E-state index < -0.39 is 0 Å². The molecular weight excluding hydrogens is 286 g/mol. The van der Waals surface area contributed by atoms with Gasteiger partial charge in [0.25, 0.3) is 0 Å². The van der Waals surface area contributed by atoms with Gasteiger partial charge >= 0.3 is 6.03 Å². The molecule has 0 aliphatic carbocycles. The SMILES string of the molecule is COc1cnc(NC(=O)N2CCCC(n3ccnn3)C2)cn1. The number of likely N-dealkylation sites (tertiary alicyclic amines) is 1. The van der Waals surface area contributed by atoms with Crippen LogP contribution < -0.4 is 10.1 Å². The summed E-state index contributed by atoms with van der Waals surface area (Å²) < 4.78 is 6.73. The fourth-order valence-corrected chi connectivity index (χ4v) is 2.44. The van der Waals surface area contributed by atoms with Crippen LogP contribution in [0.15, 0.2) is 24.8 Å². The number of methoxy groups -OCH3 is 1. The molecule has 0 aromatic carbocycles. The van der Waals surface area contributed by atoms with Crippen molar-refractivity contribution in [3.8, 4) is 5.88 Å². The van der Waals surface area contributed by atoms with Crippen molar-refractivity contribution < 1.29 is 9.53 Å². The zero-order valence-corrected chi connectivity index (χ0v) is 12.2. The van der Waals surface area contributed by atoms with Gasteiger partial charge < -0.3 is 9.64 Å². The lowest BCUT2D eigenvalue weighted by atomic mass is 10.1. The largest absolute Gasteiger partial charge is 0.480 e. The molecule has 0 saturated carbocycles. The van der Waals surface area contributed by atoms with E-state index in [0.29, 0.717) is 24.8 Å². The number of nitrogens with zero attached hydrogens (tertiary/aromatic N) is 6. The van der Waals surface area contributed by atoms with Gasteiger partial charge in [-0.1, -0.05) is 5.21 Å². The lowest BCUT2D eigenvalue weighted by Gasteiger charge is -2.32. The summed E-state index contributed by atoms with van der Waals surface area (Å²) in [5.74, 6) is 0.802. The van der Waals surface area contributed by atoms with E-state index in [1.54, 1.807) is 15.8 Å². The van der Waals surface area contributed by atoms with Crippen LogP contribution in [0.2, 0.25) is 0 Å². The summed E-state index contributed by atoms with van der Waals surface area (Å²) >= 11 is 0. The second-order valence-corrected chi connectivity index (χ2v) is 5.00. The molecule has 1 unspecified atom stereocenters. The Morgan fingerprint density at radius 1 is 1.41 bits per heavy atom. The molecule has 1 N–H and O–H groups in total. The zero-order valence-electron chi connectivity index (χ0n) is 12.2. The maximum Gasteiger partial charge on any atom is 0.323 e. The number of carbonyl (C=O) groups is 1. The Bertz CT molecular complexity index is 614. The number of anilines is 1. The van der Waals surface area contributed by atoms with Gasteiger partial charge in [-0.15, -0.1) is 5.10 Å². The van der Waals surface area contributed by atoms with Crippen LogP contribution in [0.1, 0.15) is 18.9 Å². The minimum Gasteiger partial charge on any atom is -0.480 e. The summed E-state index contributed by atoms with van der Waals surface area (Å²) in [7, 11) is 1.51. The Morgan fingerprint density at radius 3 is 3.00 bits per heavy atom. The number of rotatable bonds is 3. The minimum absolute atomic E-state index is 0.156. The summed E-state index contributed by atoms with van der Waals surface area (Å²) in [4.78, 5) is 22.1. The summed E-state index contributed by atoms with van der Waals surface area (Å²) in [5.41, 5.74) is 0. The first-order valence-corrected chi connectivity index (χ1v) is 7.04. The molecule has 1 saturated heterocycles. The molecule has 1 aliphatic heterocycles. The zero-order chi connectivity index (χ0) is 15.4. The average molecular weight is 303 g/mol. The number of hydrogen-bond donors (Lipinski definition) is 1. The molecule has 22 heavy (non-hydrogen) atoms. The lowest BCUT2D eigenvalue weighted by Crippen LogP contribution is -2.43. The molecule has 2 amide bonds. The standard InChI is InChI=1S/C13H17N7O2/c1-22-12-8-14-11(7-15-12)17-13(21)19-5-2-3-10(9-19)20-6-4-16-18-20/h4,6-8,10H,2-3,5,9H2,1H3,(H,14,17,21). The number of ether oxygens (including phenoxy) is 1. The Morgan fingerprint density at radius 2 is 2.32 bits per heavy atom. The molecule has 3 heterocycles. The third-order valence-corrected chi connectivity index (χ3v) is 3.57. The molecule has 116 valence electrons. The van der Waals surface area contributed by atoms with Crippen molar-refractivity contribution in [1.82, 2.24) is 29.9 Å². The van der Waals surface area contributed by atoms with Crippen LogP contribution in [-0.2, 0) is 0 Å². The predicted molar refractivity (Wildman–Crippen MR) is 77.5 cm³/mol. The van der Waals surface area contributed by atoms with Crippen LogP contribution in [0.4, 0.5) is 10.6 Å². The summed E-state index contributed by atoms with van der Waals surface area (Å²) in [6.45, 7) is 1.30. The van der Waals surface area contributed by atoms with Crippen LogP contribution >= 0.6 is 0 Å². The number of nitrogens with one attached hydrogen (secondary N) is 1. The molecule has 2 aromatic heterocycles. The second kappa shape index (κ2) is 6.37. The van der Waals surface area contributed by atoms with Crippen molar-refractivity contribution in [3.05, 3.63) is 24.8 Å². The Hall–Kier alpha value is -2.71. The number of piperidine rings is 1. The van der Waals surface area contributed by atoms with Crippen molar-refractivity contribution in [3.63, 3.8) is 0 Å². The van der Waals surface area contributed by atoms with E-state index in [0.717, 1.165) is 12.8 Å². The van der Waals surface area contributed by atoms with Gasteiger partial charge in [0.05, 0.1) is 31.7 Å². The van der Waals surface area contributed by atoms with Crippen molar-refractivity contribution in [2.45, 2.75) is 18.9 Å². The van der Waals surface area contributed by atoms with Crippen LogP contribution in [0.3, 0.4) is 0 Å². The topological polar surface area (TPSA) is 98.1 Å². The highest BCUT2D eigenvalue weighted by Gasteiger charge is 2.25. The highest BCUT2D eigenvalue weighted by Crippen LogP contribution is 2.20. The third kappa shape index (κ3) is 3.13. The molecule has 0 spiro atoms. The number of urea groups is 1. The average Bonchev–Trinajstić information content (AvgIpc) is 3.10. The van der Waals surface area contributed by atoms with E-state index in [1.165, 1.54) is 19.5 Å². The van der Waals surface area contributed by atoms with Gasteiger partial charge in [-0.25, -0.2) is 19.4 Å². The van der Waals surface area contributed by atoms with E-state index in [9.17, 15) is 4.79 Å². The van der Waals surface area contributed by atoms with Crippen molar-refractivity contribution >= 4 is 11.8 Å². The Balaban J connectivity index is 1.61. The molecule has 0 bridgehead atoms. The molecule has 9 heteroatoms. The van der Waals surface area contributed by atoms with Gasteiger partial charge in [0.15, 0.2) is 5.82 Å². The highest BCUT2D eigenvalue weighted by atomic mass is 16.5. The number of amides is 2. The van der Waals surface area contributed by atoms with Crippen molar-refractivity contribution in [2.75, 3.05) is 25.5 Å². The molecule has 0 radical (unpaired) electrons. The summed E-state index contributed by atoms with van der Waals surface area (Å²) in [6.07, 6.45) is 8.30. The van der Waals surface area contributed by atoms with Gasteiger partial charge in [-0.3, -0.25) is 5.32 Å². The van der Waals surface area contributed by atoms with Gasteiger partial charge in [0.1, 0.15) is 0 Å². The maximum atomic E-state index is 12.3. The van der Waals surface area contributed by atoms with Crippen LogP contribution in [0, 0.1) is 0 Å². The van der Waals surface area contributed by atoms with E-state index in [4.69, 9.17) is 4.74 Å². The fourth-order valence-electron chi connectivity index (χ4n) is 2.44. The molecule has 3 rings (SSSR count). The highest BCUT2D eigenvalue weighted by molar-refractivity contribution is 5.88. The first-order chi connectivity index (χ1) is 10.8. The van der Waals surface area contributed by atoms with Crippen LogP contribution in [0.5, 0.6) is 5.88 Å². The quantitative estimate of drug-likeness (QED) is 0.906. The molecule has 2 aromatic rings. The van der Waals surface area contributed by atoms with Gasteiger partial charge in [0, 0.05) is 19.3 Å². The van der Waals surface area contributed by atoms with Crippen LogP contribution in [0.25, 0.3) is 0 Å². The Labute approximate surface area is 127 Å². The summed E-state index contributed by atoms with van der Waals surface area (Å²) in [5, 5.41) is 10.6. The molecule has 1 aliphatic rings. The predicted octanol–water partition coefficient (Wildman–Crippen LogP) is 0.946. The normalized spacial score (nSPS) is 18.0. The molecular formula is C13H17N7O2. The Kier molecular flexibility index (Phi) is 4.12. The first-order valence-electron chi connectivity index (χ1n) is 7.04. The first kappa shape index (κ1) is 14.2. The molecule has 1 atom stereocenters. The van der Waals surface area contributed by atoms with Gasteiger partial charge in [-0.05, 0) is 12.8 Å². The summed E-state index contributed by atoms with van der Waals surface area (Å²) in [6, 6.07) is -0.0340. The van der Waals surface area contributed by atoms with Crippen LogP contribution in [-0.4, -0.2) is 56.1 Å². The van der Waals surface area contributed by atoms with Crippen molar-refractivity contribution in [1.29, 1.82) is 0 Å². The maximum absolute atomic E-state index is 12.3. The third-order valence-electron chi connectivity index (χ3n) is 3.57. The van der Waals surface area contributed by atoms with E-state index in [1.807, 2.05) is 6.20 Å². The van der Waals surface area contributed by atoms with Crippen molar-refractivity contribution in [2.24, 2.45) is 0 Å². The van der Waals surface area contributed by atoms with E-state index in [-0.39, 0.29) is 12.1 Å². The number of hydrogen-bond acceptors (Lipinski definition) is 6. The van der Waals surface area contributed by atoms with E-state index in [2.05, 4.69) is 25.6 Å². The smallest absolute Gasteiger partial charge is 0.323 e. The lowest BCUT2D eigenvalue weighted by molar-refractivity contribution is 0.174.